The summed E-state index contributed by atoms with van der Waals surface area (Å²) in [6.45, 7) is 0. The van der Waals surface area contributed by atoms with Gasteiger partial charge in [0.2, 0.25) is 0 Å². The summed E-state index contributed by atoms with van der Waals surface area (Å²) in [6.07, 6.45) is 3.20. The number of carbonyl (C=O) groups excluding carboxylic acids is 1. The lowest BCUT2D eigenvalue weighted by Crippen LogP contribution is -2.25. The summed E-state index contributed by atoms with van der Waals surface area (Å²) < 4.78 is 10.3. The molecule has 0 amide bonds. The van der Waals surface area contributed by atoms with E-state index in [9.17, 15) is 4.79 Å². The highest BCUT2D eigenvalue weighted by molar-refractivity contribution is 7.87. The van der Waals surface area contributed by atoms with E-state index in [0.717, 1.165) is 11.3 Å². The molecule has 4 heteroatoms. The van der Waals surface area contributed by atoms with Gasteiger partial charge in [-0.2, -0.15) is 0 Å². The zero-order valence-electron chi connectivity index (χ0n) is 17.8. The lowest BCUT2D eigenvalue weighted by Gasteiger charge is -2.27. The Kier molecular flexibility index (Phi) is 6.79. The maximum absolute atomic E-state index is 11.7. The van der Waals surface area contributed by atoms with E-state index < -0.39 is 13.0 Å². The molecule has 0 bridgehead atoms. The third kappa shape index (κ3) is 4.49. The molecule has 0 saturated carbocycles. The summed E-state index contributed by atoms with van der Waals surface area (Å²) in [5.74, 6) is -0.393. The second-order valence-electron chi connectivity index (χ2n) is 7.16. The van der Waals surface area contributed by atoms with Crippen LogP contribution in [-0.4, -0.2) is 13.1 Å². The number of rotatable bonds is 6. The molecule has 0 aliphatic carbocycles. The number of carbonyl (C=O) groups is 1. The largest absolute Gasteiger partial charge is 0.466 e. The molecule has 158 valence electrons. The number of hydrogen-bond donors (Lipinski definition) is 0. The van der Waals surface area contributed by atoms with Crippen molar-refractivity contribution in [2.24, 2.45) is 4.74 Å². The van der Waals surface area contributed by atoms with Crippen molar-refractivity contribution >= 4 is 40.7 Å². The van der Waals surface area contributed by atoms with Crippen molar-refractivity contribution in [2.75, 3.05) is 7.11 Å². The van der Waals surface area contributed by atoms with E-state index in [-0.39, 0.29) is 0 Å². The lowest BCUT2D eigenvalue weighted by atomic mass is 10.2. The monoisotopic (exact) mass is 437 g/mol. The summed E-state index contributed by atoms with van der Waals surface area (Å²) in [7, 11) is -1.01. The smallest absolute Gasteiger partial charge is 0.330 e. The van der Waals surface area contributed by atoms with Gasteiger partial charge >= 0.3 is 5.97 Å². The van der Waals surface area contributed by atoms with Crippen LogP contribution < -0.4 is 15.9 Å². The van der Waals surface area contributed by atoms with Crippen molar-refractivity contribution < 1.29 is 9.53 Å². The van der Waals surface area contributed by atoms with Crippen molar-refractivity contribution in [1.29, 1.82) is 0 Å². The Morgan fingerprint density at radius 3 is 1.59 bits per heavy atom. The van der Waals surface area contributed by atoms with E-state index in [1.807, 2.05) is 42.5 Å². The van der Waals surface area contributed by atoms with Gasteiger partial charge in [-0.3, -0.25) is 4.74 Å². The van der Waals surface area contributed by atoms with E-state index in [1.165, 1.54) is 29.1 Å². The van der Waals surface area contributed by atoms with Crippen LogP contribution in [-0.2, 0) is 9.53 Å². The fourth-order valence-corrected chi connectivity index (χ4v) is 7.22. The Bertz CT molecular complexity index is 1160. The minimum absolute atomic E-state index is 0.393. The normalized spacial score (nSPS) is 11.3. The van der Waals surface area contributed by atoms with Crippen LogP contribution in [0.2, 0.25) is 0 Å². The Morgan fingerprint density at radius 1 is 0.688 bits per heavy atom. The van der Waals surface area contributed by atoms with Gasteiger partial charge < -0.3 is 4.74 Å². The average Bonchev–Trinajstić information content (AvgIpc) is 2.88. The van der Waals surface area contributed by atoms with Gasteiger partial charge in [0, 0.05) is 27.6 Å². The van der Waals surface area contributed by atoms with E-state index >= 15 is 0 Å². The first kappa shape index (κ1) is 21.5. The summed E-state index contributed by atoms with van der Waals surface area (Å²) in [6, 6.07) is 39.3. The quantitative estimate of drug-likeness (QED) is 0.221. The highest BCUT2D eigenvalue weighted by Gasteiger charge is 2.27. The number of nitrogens with zero attached hydrogens (tertiary/aromatic N) is 1. The van der Waals surface area contributed by atoms with Gasteiger partial charge in [-0.05, 0) is 12.1 Å². The van der Waals surface area contributed by atoms with Crippen molar-refractivity contribution in [2.45, 2.75) is 0 Å². The van der Waals surface area contributed by atoms with E-state index in [0.29, 0.717) is 0 Å². The van der Waals surface area contributed by atoms with E-state index in [2.05, 4.69) is 72.8 Å². The Labute approximate surface area is 189 Å². The average molecular weight is 437 g/mol. The Hall–Kier alpha value is -3.68. The van der Waals surface area contributed by atoms with Crippen LogP contribution in [0.1, 0.15) is 5.56 Å². The molecule has 0 heterocycles. The highest BCUT2D eigenvalue weighted by atomic mass is 31.2. The van der Waals surface area contributed by atoms with Crippen LogP contribution in [0.15, 0.2) is 126 Å². The molecule has 4 rings (SSSR count). The third-order valence-corrected chi connectivity index (χ3v) is 8.84. The third-order valence-electron chi connectivity index (χ3n) is 5.18. The fourth-order valence-electron chi connectivity index (χ4n) is 3.66. The van der Waals surface area contributed by atoms with Crippen LogP contribution in [0.4, 0.5) is 5.69 Å². The summed E-state index contributed by atoms with van der Waals surface area (Å²) in [4.78, 5) is 11.7. The second-order valence-corrected chi connectivity index (χ2v) is 10.2. The molecule has 0 aromatic heterocycles. The van der Waals surface area contributed by atoms with Gasteiger partial charge in [0.15, 0.2) is 0 Å². The van der Waals surface area contributed by atoms with Crippen LogP contribution in [0.5, 0.6) is 0 Å². The van der Waals surface area contributed by atoms with Crippen LogP contribution in [0.25, 0.3) is 6.08 Å². The SMILES string of the molecule is COC(=O)C=Cc1ccccc1N=P(c1ccccc1)(c1ccccc1)c1ccccc1. The number of ether oxygens (including phenoxy) is 1. The summed E-state index contributed by atoms with van der Waals surface area (Å²) in [5.41, 5.74) is 1.70. The van der Waals surface area contributed by atoms with Gasteiger partial charge in [-0.1, -0.05) is 109 Å². The zero-order valence-corrected chi connectivity index (χ0v) is 18.7. The first-order valence-corrected chi connectivity index (χ1v) is 12.1. The summed E-state index contributed by atoms with van der Waals surface area (Å²) in [5, 5.41) is 3.51. The predicted molar refractivity (Wildman–Crippen MR) is 135 cm³/mol. The molecular formula is C28H24NO2P. The van der Waals surface area contributed by atoms with Crippen LogP contribution in [0.3, 0.4) is 0 Å². The molecule has 0 unspecified atom stereocenters. The molecule has 0 aliphatic heterocycles. The Balaban J connectivity index is 2.07. The first-order chi connectivity index (χ1) is 15.7. The molecule has 4 aromatic carbocycles. The second kappa shape index (κ2) is 10.1. The van der Waals surface area contributed by atoms with Gasteiger partial charge in [0.25, 0.3) is 0 Å². The molecule has 0 atom stereocenters. The standard InChI is InChI=1S/C28H24NO2P/c1-31-28(30)22-21-23-13-11-12-20-27(23)29-32(24-14-5-2-6-15-24,25-16-7-3-8-17-25)26-18-9-4-10-19-26/h2-22H,1H3. The van der Waals surface area contributed by atoms with Gasteiger partial charge in [-0.15, -0.1) is 0 Å². The van der Waals surface area contributed by atoms with Crippen molar-refractivity contribution in [3.63, 3.8) is 0 Å². The summed E-state index contributed by atoms with van der Waals surface area (Å²) >= 11 is 0. The molecule has 0 saturated heterocycles. The molecule has 3 nitrogen and oxygen atoms in total. The molecule has 0 radical (unpaired) electrons. The Morgan fingerprint density at radius 2 is 1.12 bits per heavy atom. The van der Waals surface area contributed by atoms with Gasteiger partial charge in [0.1, 0.15) is 0 Å². The van der Waals surface area contributed by atoms with E-state index in [1.54, 1.807) is 6.08 Å². The minimum atomic E-state index is -2.38. The maximum Gasteiger partial charge on any atom is 0.330 e. The fraction of sp³-hybridized carbons (Fsp3) is 0.0357. The van der Waals surface area contributed by atoms with Crippen LogP contribution >= 0.6 is 7.05 Å². The molecular weight excluding hydrogens is 413 g/mol. The first-order valence-electron chi connectivity index (χ1n) is 10.4. The molecule has 0 spiro atoms. The molecule has 0 fully saturated rings. The number of esters is 1. The van der Waals surface area contributed by atoms with Gasteiger partial charge in [-0.25, -0.2) is 4.79 Å². The predicted octanol–water partition coefficient (Wildman–Crippen LogP) is 5.68. The van der Waals surface area contributed by atoms with Crippen LogP contribution in [0, 0.1) is 0 Å². The maximum atomic E-state index is 11.7. The molecule has 4 aromatic rings. The van der Waals surface area contributed by atoms with E-state index in [4.69, 9.17) is 9.48 Å². The molecule has 0 N–H and O–H groups in total. The van der Waals surface area contributed by atoms with Crippen molar-refractivity contribution in [3.8, 4) is 0 Å². The molecule has 0 aliphatic rings. The van der Waals surface area contributed by atoms with Crippen molar-refractivity contribution in [1.82, 2.24) is 0 Å². The number of hydrogen-bond acceptors (Lipinski definition) is 3. The number of benzene rings is 4. The highest BCUT2D eigenvalue weighted by Crippen LogP contribution is 2.49. The molecule has 32 heavy (non-hydrogen) atoms. The number of methoxy groups -OCH3 is 1. The minimum Gasteiger partial charge on any atom is -0.466 e. The van der Waals surface area contributed by atoms with Crippen molar-refractivity contribution in [3.05, 3.63) is 127 Å². The lowest BCUT2D eigenvalue weighted by molar-refractivity contribution is -0.134. The zero-order chi connectivity index (χ0) is 22.2. The topological polar surface area (TPSA) is 38.7 Å². The van der Waals surface area contributed by atoms with Gasteiger partial charge in [0.05, 0.1) is 19.9 Å².